The molecule has 2 fully saturated rings. The van der Waals surface area contributed by atoms with E-state index in [9.17, 15) is 4.79 Å². The first-order chi connectivity index (χ1) is 16.4. The summed E-state index contributed by atoms with van der Waals surface area (Å²) in [5.74, 6) is 5.59. The number of aromatic nitrogens is 1. The lowest BCUT2D eigenvalue weighted by Crippen LogP contribution is -2.47. The van der Waals surface area contributed by atoms with Gasteiger partial charge in [0.15, 0.2) is 5.78 Å². The van der Waals surface area contributed by atoms with Crippen molar-refractivity contribution in [3.63, 3.8) is 0 Å². The summed E-state index contributed by atoms with van der Waals surface area (Å²) in [7, 11) is 0. The van der Waals surface area contributed by atoms with Gasteiger partial charge >= 0.3 is 0 Å². The number of nitrogens with one attached hydrogen (secondary N) is 1. The van der Waals surface area contributed by atoms with E-state index in [1.807, 2.05) is 12.1 Å². The Hall–Kier alpha value is -2.78. The summed E-state index contributed by atoms with van der Waals surface area (Å²) >= 11 is 6.66. The van der Waals surface area contributed by atoms with E-state index in [4.69, 9.17) is 16.7 Å². The predicted octanol–water partition coefficient (Wildman–Crippen LogP) is 4.32. The molecule has 2 N–H and O–H groups in total. The van der Waals surface area contributed by atoms with E-state index < -0.39 is 0 Å². The van der Waals surface area contributed by atoms with Gasteiger partial charge in [-0.2, -0.15) is 0 Å². The third-order valence-electron chi connectivity index (χ3n) is 7.68. The van der Waals surface area contributed by atoms with Crippen LogP contribution in [0, 0.1) is 11.8 Å². The Bertz CT molecular complexity index is 1380. The highest BCUT2D eigenvalue weighted by Gasteiger charge is 2.40. The lowest BCUT2D eigenvalue weighted by atomic mass is 9.71. The summed E-state index contributed by atoms with van der Waals surface area (Å²) in [6.45, 7) is 8.38. The molecule has 1 aromatic heterocycles. The van der Waals surface area contributed by atoms with Crippen LogP contribution >= 0.6 is 11.6 Å². The molecule has 2 aliphatic carbocycles. The van der Waals surface area contributed by atoms with Crippen LogP contribution < -0.4 is 4.90 Å². The Morgan fingerprint density at radius 3 is 2.62 bits per heavy atom. The molecule has 0 unspecified atom stereocenters. The summed E-state index contributed by atoms with van der Waals surface area (Å²) in [6, 6.07) is 10.8. The van der Waals surface area contributed by atoms with Crippen molar-refractivity contribution in [2.45, 2.75) is 38.1 Å². The van der Waals surface area contributed by atoms with Gasteiger partial charge in [0, 0.05) is 71.0 Å². The number of aliphatic hydroxyl groups excluding tert-OH is 1. The van der Waals surface area contributed by atoms with Crippen molar-refractivity contribution in [3.05, 3.63) is 63.3 Å². The number of H-pyrrole nitrogens is 1. The molecule has 0 amide bonds. The van der Waals surface area contributed by atoms with Crippen LogP contribution in [0.1, 0.15) is 59.4 Å². The summed E-state index contributed by atoms with van der Waals surface area (Å²) in [5, 5.41) is 10.3. The van der Waals surface area contributed by atoms with Gasteiger partial charge in [0.2, 0.25) is 0 Å². The number of hydrogen-bond acceptors (Lipinski definition) is 4. The quantitative estimate of drug-likeness (QED) is 0.544. The van der Waals surface area contributed by atoms with E-state index in [0.29, 0.717) is 16.1 Å². The molecule has 6 heteroatoms. The zero-order valence-electron chi connectivity index (χ0n) is 19.5. The first-order valence-electron chi connectivity index (χ1n) is 12.0. The Labute approximate surface area is 204 Å². The highest BCUT2D eigenvalue weighted by molar-refractivity contribution is 6.38. The van der Waals surface area contributed by atoms with Gasteiger partial charge in [-0.25, -0.2) is 0 Å². The van der Waals surface area contributed by atoms with Crippen LogP contribution in [0.25, 0.3) is 10.9 Å². The number of anilines is 1. The smallest absolute Gasteiger partial charge is 0.195 e. The van der Waals surface area contributed by atoms with Gasteiger partial charge in [-0.15, -0.1) is 0 Å². The van der Waals surface area contributed by atoms with Crippen LogP contribution in [0.4, 0.5) is 5.69 Å². The fraction of sp³-hybridized carbons (Fsp3) is 0.393. The second-order valence-electron chi connectivity index (χ2n) is 10.2. The number of carbonyl (C=O) groups is 1. The van der Waals surface area contributed by atoms with Crippen molar-refractivity contribution < 1.29 is 9.90 Å². The summed E-state index contributed by atoms with van der Waals surface area (Å²) in [5.41, 5.74) is 5.66. The number of halogens is 1. The van der Waals surface area contributed by atoms with Crippen LogP contribution in [0.2, 0.25) is 5.02 Å². The number of carbonyl (C=O) groups excluding carboxylic acids is 1. The van der Waals surface area contributed by atoms with Crippen molar-refractivity contribution in [3.8, 4) is 11.8 Å². The fourth-order valence-electron chi connectivity index (χ4n) is 5.69. The molecule has 0 atom stereocenters. The van der Waals surface area contributed by atoms with Crippen LogP contribution in [-0.4, -0.2) is 59.6 Å². The van der Waals surface area contributed by atoms with E-state index in [2.05, 4.69) is 52.6 Å². The monoisotopic (exact) mass is 473 g/mol. The van der Waals surface area contributed by atoms with Crippen LogP contribution in [-0.2, 0) is 5.41 Å². The van der Waals surface area contributed by atoms with Crippen molar-refractivity contribution in [1.29, 1.82) is 0 Å². The normalized spacial score (nSPS) is 19.5. The maximum Gasteiger partial charge on any atom is 0.195 e. The highest BCUT2D eigenvalue weighted by atomic mass is 35.5. The second-order valence-corrected chi connectivity index (χ2v) is 10.6. The van der Waals surface area contributed by atoms with Crippen molar-refractivity contribution >= 4 is 34.0 Å². The number of ketones is 1. The molecule has 6 rings (SSSR count). The van der Waals surface area contributed by atoms with Gasteiger partial charge in [0.1, 0.15) is 6.61 Å². The molecule has 2 aromatic carbocycles. The van der Waals surface area contributed by atoms with Crippen molar-refractivity contribution in [1.82, 2.24) is 9.88 Å². The second kappa shape index (κ2) is 7.88. The summed E-state index contributed by atoms with van der Waals surface area (Å²) < 4.78 is 0. The standard InChI is InChI=1S/C28H28ClN3O2/c1-28(2)21-16-19(32-11-9-31(10-12-32)18-5-6-18)7-8-20(21)26(34)25-24-22(29)14-17(4-3-13-33)15-23(24)30-27(25)28/h7-8,14-16,18,30,33H,5-6,9-13H2,1-2H3. The first-order valence-corrected chi connectivity index (χ1v) is 12.4. The number of rotatable bonds is 2. The minimum Gasteiger partial charge on any atom is -0.384 e. The molecule has 0 spiro atoms. The van der Waals surface area contributed by atoms with E-state index >= 15 is 0 Å². The first kappa shape index (κ1) is 21.7. The average Bonchev–Trinajstić information content (AvgIpc) is 3.61. The van der Waals surface area contributed by atoms with Gasteiger partial charge in [-0.1, -0.05) is 37.3 Å². The third kappa shape index (κ3) is 3.36. The number of benzene rings is 2. The number of aliphatic hydroxyl groups is 1. The molecular weight excluding hydrogens is 446 g/mol. The molecule has 5 nitrogen and oxygen atoms in total. The van der Waals surface area contributed by atoms with E-state index in [-0.39, 0.29) is 17.8 Å². The molecule has 1 aliphatic heterocycles. The number of piperazine rings is 1. The van der Waals surface area contributed by atoms with Crippen LogP contribution in [0.3, 0.4) is 0 Å². The maximum atomic E-state index is 13.7. The van der Waals surface area contributed by atoms with Crippen molar-refractivity contribution in [2.75, 3.05) is 37.7 Å². The molecule has 0 radical (unpaired) electrons. The van der Waals surface area contributed by atoms with E-state index in [1.165, 1.54) is 18.5 Å². The summed E-state index contributed by atoms with van der Waals surface area (Å²) in [6.07, 6.45) is 2.70. The van der Waals surface area contributed by atoms with Crippen LogP contribution in [0.15, 0.2) is 30.3 Å². The lowest BCUT2D eigenvalue weighted by Gasteiger charge is -2.38. The zero-order chi connectivity index (χ0) is 23.6. The molecule has 34 heavy (non-hydrogen) atoms. The van der Waals surface area contributed by atoms with E-state index in [0.717, 1.165) is 59.9 Å². The van der Waals surface area contributed by atoms with Gasteiger partial charge < -0.3 is 15.0 Å². The highest BCUT2D eigenvalue weighted by Crippen LogP contribution is 2.46. The predicted molar refractivity (Wildman–Crippen MR) is 136 cm³/mol. The Morgan fingerprint density at radius 2 is 1.91 bits per heavy atom. The topological polar surface area (TPSA) is 59.6 Å². The third-order valence-corrected chi connectivity index (χ3v) is 7.98. The van der Waals surface area contributed by atoms with Crippen LogP contribution in [0.5, 0.6) is 0 Å². The molecule has 2 heterocycles. The molecule has 174 valence electrons. The largest absolute Gasteiger partial charge is 0.384 e. The maximum absolute atomic E-state index is 13.7. The van der Waals surface area contributed by atoms with Crippen molar-refractivity contribution in [2.24, 2.45) is 0 Å². The lowest BCUT2D eigenvalue weighted by molar-refractivity contribution is 0.103. The van der Waals surface area contributed by atoms with E-state index in [1.54, 1.807) is 6.07 Å². The molecule has 3 aromatic rings. The molecular formula is C28H28ClN3O2. The Balaban J connectivity index is 1.41. The van der Waals surface area contributed by atoms with Gasteiger partial charge in [-0.3, -0.25) is 9.69 Å². The molecule has 1 saturated carbocycles. The van der Waals surface area contributed by atoms with Gasteiger partial charge in [-0.05, 0) is 48.7 Å². The Morgan fingerprint density at radius 1 is 1.15 bits per heavy atom. The fourth-order valence-corrected chi connectivity index (χ4v) is 6.00. The molecule has 3 aliphatic rings. The molecule has 1 saturated heterocycles. The van der Waals surface area contributed by atoms with Gasteiger partial charge in [0.05, 0.1) is 10.6 Å². The number of nitrogens with zero attached hydrogens (tertiary/aromatic N) is 2. The number of aromatic amines is 1. The average molecular weight is 474 g/mol. The number of fused-ring (bicyclic) bond motifs is 4. The van der Waals surface area contributed by atoms with Gasteiger partial charge in [0.25, 0.3) is 0 Å². The Kier molecular flexibility index (Phi) is 5.04. The minimum absolute atomic E-state index is 0.0109. The zero-order valence-corrected chi connectivity index (χ0v) is 20.3. The minimum atomic E-state index is -0.385. The summed E-state index contributed by atoms with van der Waals surface area (Å²) in [4.78, 5) is 22.3. The SMILES string of the molecule is CC1(C)c2cc(N3CCN(C4CC4)CC3)ccc2C(=O)c2c1[nH]c1cc(C#CCO)cc(Cl)c21. The number of hydrogen-bond donors (Lipinski definition) is 2. The molecule has 0 bridgehead atoms.